The van der Waals surface area contributed by atoms with E-state index in [0.717, 1.165) is 0 Å². The monoisotopic (exact) mass is 317 g/mol. The first-order chi connectivity index (χ1) is 9.42. The number of nitrogens with zero attached hydrogens (tertiary/aromatic N) is 1. The Labute approximate surface area is 123 Å². The zero-order valence-electron chi connectivity index (χ0n) is 12.1. The molecule has 0 saturated heterocycles. The molecule has 9 heteroatoms. The quantitative estimate of drug-likeness (QED) is 0.682. The summed E-state index contributed by atoms with van der Waals surface area (Å²) < 4.78 is 23.9. The van der Waals surface area contributed by atoms with E-state index in [1.807, 2.05) is 0 Å². The van der Waals surface area contributed by atoms with Gasteiger partial charge in [-0.1, -0.05) is 0 Å². The molecule has 1 aromatic heterocycles. The van der Waals surface area contributed by atoms with Crippen LogP contribution in [0.1, 0.15) is 37.2 Å². The lowest BCUT2D eigenvalue weighted by atomic mass is 9.98. The topological polar surface area (TPSA) is 131 Å². The van der Waals surface area contributed by atoms with Crippen LogP contribution in [0.5, 0.6) is 0 Å². The number of amides is 1. The van der Waals surface area contributed by atoms with Crippen molar-refractivity contribution in [3.05, 3.63) is 18.0 Å². The number of rotatable bonds is 6. The van der Waals surface area contributed by atoms with Crippen LogP contribution in [-0.4, -0.2) is 35.5 Å². The van der Waals surface area contributed by atoms with Gasteiger partial charge in [0.15, 0.2) is 0 Å². The molecular weight excluding hydrogens is 298 g/mol. The molecule has 118 valence electrons. The molecule has 0 atom stereocenters. The van der Waals surface area contributed by atoms with E-state index in [1.54, 1.807) is 13.8 Å². The minimum absolute atomic E-state index is 0.0805. The number of sulfonamides is 1. The Morgan fingerprint density at radius 2 is 2.00 bits per heavy atom. The molecule has 1 aromatic rings. The Morgan fingerprint density at radius 1 is 1.43 bits per heavy atom. The summed E-state index contributed by atoms with van der Waals surface area (Å²) in [6.07, 6.45) is 1.41. The molecule has 0 bridgehead atoms. The lowest BCUT2D eigenvalue weighted by molar-refractivity contribution is -0.137. The molecule has 1 rings (SSSR count). The Bertz CT molecular complexity index is 660. The summed E-state index contributed by atoms with van der Waals surface area (Å²) in [6.45, 7) is 3.38. The Hall–Kier alpha value is -1.87. The second-order valence-corrected chi connectivity index (χ2v) is 7.01. The molecule has 0 saturated carbocycles. The second kappa shape index (κ2) is 5.86. The molecule has 0 aliphatic heterocycles. The van der Waals surface area contributed by atoms with E-state index < -0.39 is 27.4 Å². The lowest BCUT2D eigenvalue weighted by Gasteiger charge is -2.25. The molecule has 4 N–H and O–H groups in total. The Balaban J connectivity index is 2.90. The fourth-order valence-electron chi connectivity index (χ4n) is 1.77. The first-order valence-electron chi connectivity index (χ1n) is 6.16. The first kappa shape index (κ1) is 17.2. The van der Waals surface area contributed by atoms with Gasteiger partial charge in [-0.3, -0.25) is 9.59 Å². The third-order valence-corrected chi connectivity index (χ3v) is 3.84. The van der Waals surface area contributed by atoms with Gasteiger partial charge in [0.2, 0.25) is 10.0 Å². The van der Waals surface area contributed by atoms with Crippen molar-refractivity contribution in [2.75, 3.05) is 0 Å². The van der Waals surface area contributed by atoms with Crippen molar-refractivity contribution in [2.24, 2.45) is 12.2 Å². The number of nitrogens with two attached hydrogens (primary N) is 1. The van der Waals surface area contributed by atoms with E-state index >= 15 is 0 Å². The summed E-state index contributed by atoms with van der Waals surface area (Å²) in [5, 5.41) is 16.4. The Kier molecular flexibility index (Phi) is 4.79. The summed E-state index contributed by atoms with van der Waals surface area (Å²) in [4.78, 5) is 22.6. The van der Waals surface area contributed by atoms with Gasteiger partial charge < -0.3 is 15.0 Å². The molecule has 1 amide bonds. The third-order valence-electron chi connectivity index (χ3n) is 2.96. The van der Waals surface area contributed by atoms with Crippen LogP contribution < -0.4 is 10.5 Å². The third kappa shape index (κ3) is 4.87. The van der Waals surface area contributed by atoms with Gasteiger partial charge in [-0.2, -0.15) is 0 Å². The van der Waals surface area contributed by atoms with E-state index in [4.69, 9.17) is 10.2 Å². The maximum Gasteiger partial charge on any atom is 0.303 e. The molecule has 0 fully saturated rings. The molecule has 0 spiro atoms. The van der Waals surface area contributed by atoms with E-state index in [-0.39, 0.29) is 23.4 Å². The Morgan fingerprint density at radius 3 is 2.43 bits per heavy atom. The minimum Gasteiger partial charge on any atom is -0.481 e. The summed E-state index contributed by atoms with van der Waals surface area (Å²) in [6, 6.07) is 1.18. The zero-order valence-corrected chi connectivity index (χ0v) is 12.9. The summed E-state index contributed by atoms with van der Waals surface area (Å²) in [7, 11) is -2.36. The number of carboxylic acids is 1. The van der Waals surface area contributed by atoms with Crippen molar-refractivity contribution in [3.63, 3.8) is 0 Å². The number of aromatic nitrogens is 1. The largest absolute Gasteiger partial charge is 0.481 e. The van der Waals surface area contributed by atoms with Crippen molar-refractivity contribution >= 4 is 21.9 Å². The highest BCUT2D eigenvalue weighted by Gasteiger charge is 2.24. The van der Waals surface area contributed by atoms with Crippen molar-refractivity contribution in [3.8, 4) is 0 Å². The summed E-state index contributed by atoms with van der Waals surface area (Å²) in [5.41, 5.74) is -0.607. The lowest BCUT2D eigenvalue weighted by Crippen LogP contribution is -2.44. The van der Waals surface area contributed by atoms with Crippen molar-refractivity contribution in [1.29, 1.82) is 0 Å². The van der Waals surface area contributed by atoms with Crippen LogP contribution in [0.3, 0.4) is 0 Å². The molecule has 1 heterocycles. The average molecular weight is 317 g/mol. The maximum absolute atomic E-state index is 12.2. The van der Waals surface area contributed by atoms with Gasteiger partial charge in [-0.05, 0) is 26.3 Å². The molecule has 21 heavy (non-hydrogen) atoms. The molecule has 0 aliphatic rings. The van der Waals surface area contributed by atoms with Crippen LogP contribution in [0.25, 0.3) is 0 Å². The number of nitrogens with one attached hydrogen (secondary N) is 1. The number of aryl methyl sites for hydroxylation is 1. The van der Waals surface area contributed by atoms with Crippen LogP contribution in [0, 0.1) is 0 Å². The standard InChI is InChI=1S/C12H19N3O5S/c1-12(2,5-4-10(16)17)14-11(18)9-6-8(7-15(9)3)21(13,19)20/h6-7H,4-5H2,1-3H3,(H,14,18)(H,16,17)(H2,13,19,20). The number of hydrogen-bond acceptors (Lipinski definition) is 4. The normalized spacial score (nSPS) is 12.2. The second-order valence-electron chi connectivity index (χ2n) is 5.45. The van der Waals surface area contributed by atoms with Crippen molar-refractivity contribution < 1.29 is 23.1 Å². The smallest absolute Gasteiger partial charge is 0.303 e. The summed E-state index contributed by atoms with van der Waals surface area (Å²) >= 11 is 0. The number of carbonyl (C=O) groups is 2. The molecule has 0 unspecified atom stereocenters. The summed E-state index contributed by atoms with van der Waals surface area (Å²) in [5.74, 6) is -1.45. The van der Waals surface area contributed by atoms with Gasteiger partial charge in [0.05, 0.1) is 0 Å². The predicted molar refractivity (Wildman–Crippen MR) is 75.2 cm³/mol. The van der Waals surface area contributed by atoms with Crippen LogP contribution in [0.15, 0.2) is 17.2 Å². The number of carbonyl (C=O) groups excluding carboxylic acids is 1. The van der Waals surface area contributed by atoms with Crippen LogP contribution in [0.2, 0.25) is 0 Å². The van der Waals surface area contributed by atoms with E-state index in [9.17, 15) is 18.0 Å². The van der Waals surface area contributed by atoms with Gasteiger partial charge in [0.1, 0.15) is 10.6 Å². The zero-order chi connectivity index (χ0) is 16.4. The van der Waals surface area contributed by atoms with Crippen molar-refractivity contribution in [1.82, 2.24) is 9.88 Å². The fraction of sp³-hybridized carbons (Fsp3) is 0.500. The molecule has 0 radical (unpaired) electrons. The van der Waals surface area contributed by atoms with Crippen LogP contribution >= 0.6 is 0 Å². The number of aliphatic carboxylic acids is 1. The average Bonchev–Trinajstić information content (AvgIpc) is 2.68. The molecular formula is C12H19N3O5S. The highest BCUT2D eigenvalue weighted by molar-refractivity contribution is 7.89. The van der Waals surface area contributed by atoms with Gasteiger partial charge in [0, 0.05) is 25.2 Å². The highest BCUT2D eigenvalue weighted by Crippen LogP contribution is 2.15. The highest BCUT2D eigenvalue weighted by atomic mass is 32.2. The van der Waals surface area contributed by atoms with Gasteiger partial charge >= 0.3 is 5.97 Å². The minimum atomic E-state index is -3.88. The van der Waals surface area contributed by atoms with Crippen molar-refractivity contribution in [2.45, 2.75) is 37.1 Å². The van der Waals surface area contributed by atoms with E-state index in [2.05, 4.69) is 5.32 Å². The fourth-order valence-corrected chi connectivity index (χ4v) is 2.35. The van der Waals surface area contributed by atoms with Gasteiger partial charge in [-0.15, -0.1) is 0 Å². The van der Waals surface area contributed by atoms with Crippen LogP contribution in [0.4, 0.5) is 0 Å². The van der Waals surface area contributed by atoms with Gasteiger partial charge in [0.25, 0.3) is 5.91 Å². The van der Waals surface area contributed by atoms with E-state index in [0.29, 0.717) is 0 Å². The first-order valence-corrected chi connectivity index (χ1v) is 7.70. The molecule has 0 aliphatic carbocycles. The van der Waals surface area contributed by atoms with Crippen LogP contribution in [-0.2, 0) is 21.9 Å². The van der Waals surface area contributed by atoms with E-state index in [1.165, 1.54) is 23.9 Å². The molecule has 8 nitrogen and oxygen atoms in total. The van der Waals surface area contributed by atoms with Gasteiger partial charge in [-0.25, -0.2) is 13.6 Å². The predicted octanol–water partition coefficient (Wildman–Crippen LogP) is 0.0457. The SMILES string of the molecule is Cn1cc(S(N)(=O)=O)cc1C(=O)NC(C)(C)CCC(=O)O. The number of carboxylic acid groups (broad SMARTS) is 1. The maximum atomic E-state index is 12.2. The number of hydrogen-bond donors (Lipinski definition) is 3. The number of primary sulfonamides is 1. The molecule has 0 aromatic carbocycles.